The first-order valence-corrected chi connectivity index (χ1v) is 4.45. The molecule has 70 valence electrons. The van der Waals surface area contributed by atoms with Crippen molar-refractivity contribution in [2.45, 2.75) is 0 Å². The van der Waals surface area contributed by atoms with E-state index in [4.69, 9.17) is 5.26 Å². The molecule has 0 spiro atoms. The summed E-state index contributed by atoms with van der Waals surface area (Å²) in [4.78, 5) is 4.34. The van der Waals surface area contributed by atoms with E-state index < -0.39 is 0 Å². The van der Waals surface area contributed by atoms with E-state index in [1.807, 2.05) is 11.0 Å². The number of rotatable bonds is 3. The normalized spacial score (nSPS) is 17.9. The van der Waals surface area contributed by atoms with Crippen molar-refractivity contribution in [3.63, 3.8) is 0 Å². The summed E-state index contributed by atoms with van der Waals surface area (Å²) >= 11 is 0. The van der Waals surface area contributed by atoms with E-state index in [-0.39, 0.29) is 0 Å². The highest BCUT2D eigenvalue weighted by molar-refractivity contribution is 5.15. The smallest absolute Gasteiger partial charge is 0.116 e. The van der Waals surface area contributed by atoms with Crippen LogP contribution in [0.1, 0.15) is 0 Å². The molecule has 13 heavy (non-hydrogen) atoms. The van der Waals surface area contributed by atoms with Gasteiger partial charge in [0.15, 0.2) is 0 Å². The quantitative estimate of drug-likeness (QED) is 0.472. The average molecular weight is 177 g/mol. The number of hydrogen-bond donors (Lipinski definition) is 0. The lowest BCUT2D eigenvalue weighted by molar-refractivity contribution is 0.176. The van der Waals surface area contributed by atoms with Crippen LogP contribution >= 0.6 is 0 Å². The van der Waals surface area contributed by atoms with E-state index in [0.29, 0.717) is 5.70 Å². The first kappa shape index (κ1) is 9.82. The van der Waals surface area contributed by atoms with Gasteiger partial charge < -0.3 is 4.90 Å². The van der Waals surface area contributed by atoms with Crippen LogP contribution in [0.3, 0.4) is 0 Å². The lowest BCUT2D eigenvalue weighted by Crippen LogP contribution is -2.45. The summed E-state index contributed by atoms with van der Waals surface area (Å²) in [5.41, 5.74) is 0.582. The number of piperazine rings is 1. The fraction of sp³-hybridized carbons (Fsp3) is 0.500. The highest BCUT2D eigenvalue weighted by atomic mass is 15.3. The van der Waals surface area contributed by atoms with Crippen molar-refractivity contribution >= 4 is 0 Å². The molecule has 0 saturated carbocycles. The lowest BCUT2D eigenvalue weighted by Gasteiger charge is -2.34. The Morgan fingerprint density at radius 1 is 1.38 bits per heavy atom. The van der Waals surface area contributed by atoms with Gasteiger partial charge >= 0.3 is 0 Å². The fourth-order valence-corrected chi connectivity index (χ4v) is 1.45. The molecule has 0 aromatic rings. The van der Waals surface area contributed by atoms with Crippen LogP contribution in [-0.4, -0.2) is 42.5 Å². The van der Waals surface area contributed by atoms with E-state index in [9.17, 15) is 0 Å². The summed E-state index contributed by atoms with van der Waals surface area (Å²) in [6, 6.07) is 2.07. The third-order valence-electron chi connectivity index (χ3n) is 2.27. The molecule has 0 aromatic heterocycles. The Hall–Kier alpha value is -1.27. The van der Waals surface area contributed by atoms with Gasteiger partial charge in [0, 0.05) is 32.7 Å². The fourth-order valence-electron chi connectivity index (χ4n) is 1.45. The topological polar surface area (TPSA) is 30.3 Å². The second kappa shape index (κ2) is 4.68. The van der Waals surface area contributed by atoms with Crippen molar-refractivity contribution in [2.24, 2.45) is 0 Å². The van der Waals surface area contributed by atoms with Crippen LogP contribution in [-0.2, 0) is 0 Å². The van der Waals surface area contributed by atoms with Crippen molar-refractivity contribution in [1.82, 2.24) is 9.80 Å². The summed E-state index contributed by atoms with van der Waals surface area (Å²) in [6.07, 6.45) is 1.91. The molecule has 0 aliphatic carbocycles. The van der Waals surface area contributed by atoms with Gasteiger partial charge in [-0.1, -0.05) is 12.7 Å². The maximum atomic E-state index is 8.64. The Bertz CT molecular complexity index is 231. The van der Waals surface area contributed by atoms with Gasteiger partial charge in [-0.2, -0.15) is 5.26 Å². The van der Waals surface area contributed by atoms with E-state index in [1.165, 1.54) is 0 Å². The Kier molecular flexibility index (Phi) is 3.53. The summed E-state index contributed by atoms with van der Waals surface area (Å²) < 4.78 is 0. The summed E-state index contributed by atoms with van der Waals surface area (Å²) in [5.74, 6) is 0. The highest BCUT2D eigenvalue weighted by Gasteiger charge is 2.16. The van der Waals surface area contributed by atoms with Crippen molar-refractivity contribution in [1.29, 1.82) is 5.26 Å². The van der Waals surface area contributed by atoms with Gasteiger partial charge in [0.1, 0.15) is 11.8 Å². The summed E-state index contributed by atoms with van der Waals surface area (Å²) in [5, 5.41) is 8.64. The molecule has 0 bridgehead atoms. The van der Waals surface area contributed by atoms with Crippen molar-refractivity contribution in [3.05, 3.63) is 24.9 Å². The summed E-state index contributed by atoms with van der Waals surface area (Å²) in [7, 11) is 0. The molecule has 1 heterocycles. The lowest BCUT2D eigenvalue weighted by atomic mass is 10.3. The van der Waals surface area contributed by atoms with Crippen molar-refractivity contribution < 1.29 is 0 Å². The zero-order valence-corrected chi connectivity index (χ0v) is 7.87. The second-order valence-corrected chi connectivity index (χ2v) is 3.13. The number of allylic oxidation sites excluding steroid dienone is 1. The molecule has 3 nitrogen and oxygen atoms in total. The van der Waals surface area contributed by atoms with E-state index in [1.54, 1.807) is 0 Å². The van der Waals surface area contributed by atoms with Gasteiger partial charge in [-0.05, 0) is 0 Å². The van der Waals surface area contributed by atoms with E-state index >= 15 is 0 Å². The third-order valence-corrected chi connectivity index (χ3v) is 2.27. The van der Waals surface area contributed by atoms with E-state index in [0.717, 1.165) is 32.7 Å². The first-order chi connectivity index (χ1) is 6.27. The van der Waals surface area contributed by atoms with Gasteiger partial charge in [0.05, 0.1) is 0 Å². The van der Waals surface area contributed by atoms with Gasteiger partial charge in [0.25, 0.3) is 0 Å². The maximum Gasteiger partial charge on any atom is 0.116 e. The zero-order chi connectivity index (χ0) is 9.68. The van der Waals surface area contributed by atoms with Crippen LogP contribution in [0.4, 0.5) is 0 Å². The van der Waals surface area contributed by atoms with Crippen LogP contribution < -0.4 is 0 Å². The predicted octanol–water partition coefficient (Wildman–Crippen LogP) is 0.827. The first-order valence-electron chi connectivity index (χ1n) is 4.45. The van der Waals surface area contributed by atoms with E-state index in [2.05, 4.69) is 24.1 Å². The summed E-state index contributed by atoms with van der Waals surface area (Å²) in [6.45, 7) is 12.1. The van der Waals surface area contributed by atoms with Crippen LogP contribution in [0, 0.1) is 11.3 Å². The molecule has 1 rings (SSSR count). The van der Waals surface area contributed by atoms with Crippen LogP contribution in [0.5, 0.6) is 0 Å². The Morgan fingerprint density at radius 2 is 2.00 bits per heavy atom. The molecule has 1 aliphatic heterocycles. The average Bonchev–Trinajstić information content (AvgIpc) is 2.18. The van der Waals surface area contributed by atoms with Gasteiger partial charge in [-0.25, -0.2) is 0 Å². The largest absolute Gasteiger partial charge is 0.361 e. The molecule has 0 radical (unpaired) electrons. The molecule has 0 amide bonds. The molecule has 3 heteroatoms. The Labute approximate surface area is 79.6 Å². The minimum Gasteiger partial charge on any atom is -0.361 e. The maximum absolute atomic E-state index is 8.64. The van der Waals surface area contributed by atoms with Crippen molar-refractivity contribution in [2.75, 3.05) is 32.7 Å². The molecule has 0 unspecified atom stereocenters. The standard InChI is InChI=1S/C10H15N3/c1-3-4-12-5-7-13(8-6-12)10(2)9-11/h3H,1-2,4-8H2. The Morgan fingerprint density at radius 3 is 2.46 bits per heavy atom. The molecule has 0 N–H and O–H groups in total. The zero-order valence-electron chi connectivity index (χ0n) is 7.87. The molecular formula is C10H15N3. The minimum atomic E-state index is 0.582. The van der Waals surface area contributed by atoms with Gasteiger partial charge in [-0.15, -0.1) is 6.58 Å². The third kappa shape index (κ3) is 2.60. The predicted molar refractivity (Wildman–Crippen MR) is 53.0 cm³/mol. The molecule has 0 atom stereocenters. The number of nitrogens with zero attached hydrogens (tertiary/aromatic N) is 3. The SMILES string of the molecule is C=CCN1CCN(C(=C)C#N)CC1. The van der Waals surface area contributed by atoms with Gasteiger partial charge in [-0.3, -0.25) is 4.90 Å². The molecule has 1 fully saturated rings. The van der Waals surface area contributed by atoms with Crippen LogP contribution in [0.2, 0.25) is 0 Å². The van der Waals surface area contributed by atoms with Gasteiger partial charge in [0.2, 0.25) is 0 Å². The minimum absolute atomic E-state index is 0.582. The highest BCUT2D eigenvalue weighted by Crippen LogP contribution is 2.06. The van der Waals surface area contributed by atoms with Crippen molar-refractivity contribution in [3.8, 4) is 6.07 Å². The molecular weight excluding hydrogens is 162 g/mol. The number of hydrogen-bond acceptors (Lipinski definition) is 3. The second-order valence-electron chi connectivity index (χ2n) is 3.13. The van der Waals surface area contributed by atoms with Crippen LogP contribution in [0.15, 0.2) is 24.9 Å². The monoisotopic (exact) mass is 177 g/mol. The molecule has 1 saturated heterocycles. The molecule has 0 aromatic carbocycles. The van der Waals surface area contributed by atoms with Crippen LogP contribution in [0.25, 0.3) is 0 Å². The Balaban J connectivity index is 2.35. The number of nitriles is 1. The molecule has 1 aliphatic rings.